The molecule has 2 atom stereocenters. The van der Waals surface area contributed by atoms with Crippen molar-refractivity contribution in [2.45, 2.75) is 58.6 Å². The summed E-state index contributed by atoms with van der Waals surface area (Å²) in [5, 5.41) is 3.18. The molecule has 0 bridgehead atoms. The Balaban J connectivity index is 4.27. The fraction of sp³-hybridized carbons (Fsp3) is 0.923. The summed E-state index contributed by atoms with van der Waals surface area (Å²) >= 11 is 0. The van der Waals surface area contributed by atoms with Gasteiger partial charge in [0.05, 0.1) is 13.2 Å². The predicted molar refractivity (Wildman–Crippen MR) is 69.0 cm³/mol. The molecule has 0 heterocycles. The lowest BCUT2D eigenvalue weighted by atomic mass is 9.94. The number of rotatable bonds is 9. The number of hydrogen-bond donors (Lipinski definition) is 1. The Hall–Kier alpha value is -0.610. The van der Waals surface area contributed by atoms with Gasteiger partial charge < -0.3 is 14.8 Å². The van der Waals surface area contributed by atoms with E-state index in [9.17, 15) is 4.79 Å². The molecule has 102 valence electrons. The molecule has 0 aliphatic carbocycles. The van der Waals surface area contributed by atoms with Gasteiger partial charge in [-0.3, -0.25) is 4.79 Å². The van der Waals surface area contributed by atoms with Crippen LogP contribution in [0.15, 0.2) is 0 Å². The van der Waals surface area contributed by atoms with E-state index in [1.54, 1.807) is 0 Å². The molecule has 4 heteroatoms. The van der Waals surface area contributed by atoms with Crippen molar-refractivity contribution in [2.75, 3.05) is 20.3 Å². The highest BCUT2D eigenvalue weighted by molar-refractivity contribution is 5.80. The Bertz CT molecular complexity index is 221. The molecular weight excluding hydrogens is 218 g/mol. The Morgan fingerprint density at radius 2 is 2.06 bits per heavy atom. The van der Waals surface area contributed by atoms with Crippen LogP contribution in [0.2, 0.25) is 0 Å². The SMILES string of the molecule is CCCCOC(C)CC(C)(NCC)C(=O)OC. The lowest BCUT2D eigenvalue weighted by Gasteiger charge is -2.30. The van der Waals surface area contributed by atoms with Gasteiger partial charge in [0, 0.05) is 13.0 Å². The van der Waals surface area contributed by atoms with Gasteiger partial charge in [-0.25, -0.2) is 0 Å². The molecular formula is C13H27NO3. The van der Waals surface area contributed by atoms with Gasteiger partial charge in [0.25, 0.3) is 0 Å². The molecule has 4 nitrogen and oxygen atoms in total. The van der Waals surface area contributed by atoms with E-state index in [4.69, 9.17) is 9.47 Å². The minimum atomic E-state index is -0.658. The quantitative estimate of drug-likeness (QED) is 0.499. The molecule has 0 spiro atoms. The van der Waals surface area contributed by atoms with Gasteiger partial charge in [0.15, 0.2) is 0 Å². The number of hydrogen-bond acceptors (Lipinski definition) is 4. The van der Waals surface area contributed by atoms with Gasteiger partial charge in [0.1, 0.15) is 5.54 Å². The first-order chi connectivity index (χ1) is 8.00. The third-order valence-corrected chi connectivity index (χ3v) is 2.80. The number of carbonyl (C=O) groups is 1. The highest BCUT2D eigenvalue weighted by Crippen LogP contribution is 2.16. The molecule has 2 unspecified atom stereocenters. The summed E-state index contributed by atoms with van der Waals surface area (Å²) in [7, 11) is 1.42. The van der Waals surface area contributed by atoms with Crippen LogP contribution in [0, 0.1) is 0 Å². The first kappa shape index (κ1) is 16.4. The molecule has 0 aromatic rings. The minimum Gasteiger partial charge on any atom is -0.468 e. The fourth-order valence-electron chi connectivity index (χ4n) is 1.91. The number of ether oxygens (including phenoxy) is 2. The molecule has 17 heavy (non-hydrogen) atoms. The summed E-state index contributed by atoms with van der Waals surface area (Å²) in [5.74, 6) is -0.231. The number of methoxy groups -OCH3 is 1. The van der Waals surface area contributed by atoms with E-state index in [1.807, 2.05) is 20.8 Å². The van der Waals surface area contributed by atoms with E-state index in [2.05, 4.69) is 12.2 Å². The summed E-state index contributed by atoms with van der Waals surface area (Å²) in [6.07, 6.45) is 2.84. The summed E-state index contributed by atoms with van der Waals surface area (Å²) in [4.78, 5) is 11.7. The second kappa shape index (κ2) is 8.48. The number of likely N-dealkylation sites (N-methyl/N-ethyl adjacent to an activating group) is 1. The van der Waals surface area contributed by atoms with Gasteiger partial charge in [-0.2, -0.15) is 0 Å². The smallest absolute Gasteiger partial charge is 0.325 e. The van der Waals surface area contributed by atoms with Crippen molar-refractivity contribution in [3.05, 3.63) is 0 Å². The number of unbranched alkanes of at least 4 members (excludes halogenated alkanes) is 1. The Kier molecular flexibility index (Phi) is 8.17. The minimum absolute atomic E-state index is 0.0460. The molecule has 0 saturated carbocycles. The van der Waals surface area contributed by atoms with Gasteiger partial charge in [-0.15, -0.1) is 0 Å². The molecule has 0 fully saturated rings. The summed E-state index contributed by atoms with van der Waals surface area (Å²) in [5.41, 5.74) is -0.658. The van der Waals surface area contributed by atoms with Crippen molar-refractivity contribution in [3.8, 4) is 0 Å². The van der Waals surface area contributed by atoms with Crippen LogP contribution in [0.5, 0.6) is 0 Å². The van der Waals surface area contributed by atoms with Crippen molar-refractivity contribution in [1.82, 2.24) is 5.32 Å². The average Bonchev–Trinajstić information content (AvgIpc) is 2.28. The van der Waals surface area contributed by atoms with Crippen molar-refractivity contribution in [2.24, 2.45) is 0 Å². The molecule has 0 radical (unpaired) electrons. The van der Waals surface area contributed by atoms with Crippen LogP contribution in [0.25, 0.3) is 0 Å². The van der Waals surface area contributed by atoms with Crippen LogP contribution in [-0.2, 0) is 14.3 Å². The number of nitrogens with one attached hydrogen (secondary N) is 1. The van der Waals surface area contributed by atoms with E-state index in [0.717, 1.165) is 26.0 Å². The molecule has 0 aromatic carbocycles. The van der Waals surface area contributed by atoms with Crippen molar-refractivity contribution in [1.29, 1.82) is 0 Å². The average molecular weight is 245 g/mol. The highest BCUT2D eigenvalue weighted by Gasteiger charge is 2.35. The molecule has 0 saturated heterocycles. The second-order valence-corrected chi connectivity index (χ2v) is 4.59. The van der Waals surface area contributed by atoms with Crippen molar-refractivity contribution in [3.63, 3.8) is 0 Å². The number of esters is 1. The maximum absolute atomic E-state index is 11.7. The zero-order valence-corrected chi connectivity index (χ0v) is 11.8. The maximum atomic E-state index is 11.7. The first-order valence-electron chi connectivity index (χ1n) is 6.45. The summed E-state index contributed by atoms with van der Waals surface area (Å²) in [6, 6.07) is 0. The van der Waals surface area contributed by atoms with Crippen LogP contribution < -0.4 is 5.32 Å². The molecule has 1 N–H and O–H groups in total. The molecule has 0 amide bonds. The normalized spacial score (nSPS) is 16.3. The third-order valence-electron chi connectivity index (χ3n) is 2.80. The van der Waals surface area contributed by atoms with E-state index in [0.29, 0.717) is 6.42 Å². The maximum Gasteiger partial charge on any atom is 0.325 e. The molecule has 0 aliphatic heterocycles. The summed E-state index contributed by atoms with van der Waals surface area (Å²) in [6.45, 7) is 9.44. The lowest BCUT2D eigenvalue weighted by Crippen LogP contribution is -2.52. The topological polar surface area (TPSA) is 47.6 Å². The predicted octanol–water partition coefficient (Wildman–Crippen LogP) is 2.12. The molecule has 0 aliphatic rings. The summed E-state index contributed by atoms with van der Waals surface area (Å²) < 4.78 is 10.5. The number of carbonyl (C=O) groups excluding carboxylic acids is 1. The van der Waals surface area contributed by atoms with Gasteiger partial charge in [-0.1, -0.05) is 20.3 Å². The van der Waals surface area contributed by atoms with E-state index >= 15 is 0 Å². The molecule has 0 aromatic heterocycles. The fourth-order valence-corrected chi connectivity index (χ4v) is 1.91. The Morgan fingerprint density at radius 1 is 1.41 bits per heavy atom. The lowest BCUT2D eigenvalue weighted by molar-refractivity contribution is -0.149. The van der Waals surface area contributed by atoms with Crippen LogP contribution in [0.4, 0.5) is 0 Å². The standard InChI is InChI=1S/C13H27NO3/c1-6-8-9-17-11(3)10-13(4,14-7-2)12(15)16-5/h11,14H,6-10H2,1-5H3. The Morgan fingerprint density at radius 3 is 2.53 bits per heavy atom. The Labute approximate surface area is 105 Å². The van der Waals surface area contributed by atoms with E-state index < -0.39 is 5.54 Å². The van der Waals surface area contributed by atoms with Crippen LogP contribution >= 0.6 is 0 Å². The third kappa shape index (κ3) is 6.03. The van der Waals surface area contributed by atoms with E-state index in [1.165, 1.54) is 7.11 Å². The van der Waals surface area contributed by atoms with Crippen LogP contribution in [-0.4, -0.2) is 37.9 Å². The van der Waals surface area contributed by atoms with Gasteiger partial charge in [-0.05, 0) is 26.8 Å². The van der Waals surface area contributed by atoms with Crippen molar-refractivity contribution >= 4 is 5.97 Å². The zero-order valence-electron chi connectivity index (χ0n) is 11.8. The highest BCUT2D eigenvalue weighted by atomic mass is 16.5. The van der Waals surface area contributed by atoms with E-state index in [-0.39, 0.29) is 12.1 Å². The van der Waals surface area contributed by atoms with Gasteiger partial charge in [0.2, 0.25) is 0 Å². The second-order valence-electron chi connectivity index (χ2n) is 4.59. The monoisotopic (exact) mass is 245 g/mol. The van der Waals surface area contributed by atoms with Crippen molar-refractivity contribution < 1.29 is 14.3 Å². The van der Waals surface area contributed by atoms with Crippen LogP contribution in [0.1, 0.15) is 47.0 Å². The van der Waals surface area contributed by atoms with Crippen LogP contribution in [0.3, 0.4) is 0 Å². The zero-order chi connectivity index (χ0) is 13.3. The first-order valence-corrected chi connectivity index (χ1v) is 6.45. The molecule has 0 rings (SSSR count). The largest absolute Gasteiger partial charge is 0.468 e. The van der Waals surface area contributed by atoms with Gasteiger partial charge >= 0.3 is 5.97 Å².